The molecule has 1 heterocycles. The van der Waals surface area contributed by atoms with E-state index in [1.165, 1.54) is 12.5 Å². The van der Waals surface area contributed by atoms with E-state index in [9.17, 15) is 9.90 Å². The second-order valence-electron chi connectivity index (χ2n) is 2.51. The van der Waals surface area contributed by atoms with E-state index in [1.54, 1.807) is 6.92 Å². The van der Waals surface area contributed by atoms with Crippen LogP contribution in [-0.2, 0) is 9.53 Å². The molecule has 0 aliphatic rings. The van der Waals surface area contributed by atoms with Crippen molar-refractivity contribution in [1.29, 1.82) is 0 Å². The first-order chi connectivity index (χ1) is 6.25. The molecule has 0 fully saturated rings. The summed E-state index contributed by atoms with van der Waals surface area (Å²) in [5.41, 5.74) is 1.25. The number of hydrogen-bond acceptors (Lipinski definition) is 5. The summed E-state index contributed by atoms with van der Waals surface area (Å²) in [5.74, 6) is 0. The molecule has 0 aliphatic heterocycles. The van der Waals surface area contributed by atoms with Gasteiger partial charge in [0.15, 0.2) is 0 Å². The molecule has 1 aromatic heterocycles. The lowest BCUT2D eigenvalue weighted by Crippen LogP contribution is -2.09. The molecule has 0 saturated heterocycles. The third kappa shape index (κ3) is 2.48. The van der Waals surface area contributed by atoms with E-state index in [4.69, 9.17) is 0 Å². The van der Waals surface area contributed by atoms with Gasteiger partial charge in [0.05, 0.1) is 0 Å². The van der Waals surface area contributed by atoms with Gasteiger partial charge >= 0.3 is 0 Å². The summed E-state index contributed by atoms with van der Waals surface area (Å²) in [5, 5.41) is 9.47. The molecular formula is C8H10N2O3. The normalized spacial score (nSPS) is 12.2. The molecule has 0 saturated carbocycles. The molecule has 1 atom stereocenters. The average Bonchev–Trinajstić information content (AvgIpc) is 2.15. The predicted octanol–water partition coefficient (Wildman–Crippen LogP) is -0.00858. The lowest BCUT2D eigenvalue weighted by molar-refractivity contribution is -0.131. The Morgan fingerprint density at radius 2 is 2.54 bits per heavy atom. The van der Waals surface area contributed by atoms with Gasteiger partial charge in [-0.3, -0.25) is 4.79 Å². The molecule has 1 unspecified atom stereocenters. The van der Waals surface area contributed by atoms with E-state index >= 15 is 0 Å². The van der Waals surface area contributed by atoms with Crippen molar-refractivity contribution in [3.63, 3.8) is 0 Å². The molecule has 0 radical (unpaired) electrons. The van der Waals surface area contributed by atoms with Gasteiger partial charge < -0.3 is 9.84 Å². The highest BCUT2D eigenvalue weighted by atomic mass is 16.5. The molecule has 1 N–H and O–H groups in total. The number of aliphatic hydroxyl groups is 1. The van der Waals surface area contributed by atoms with E-state index < -0.39 is 6.10 Å². The van der Waals surface area contributed by atoms with Gasteiger partial charge in [0, 0.05) is 17.5 Å². The Kier molecular flexibility index (Phi) is 3.33. The topological polar surface area (TPSA) is 72.3 Å². The number of nitrogens with zero attached hydrogens (tertiary/aromatic N) is 2. The van der Waals surface area contributed by atoms with Crippen molar-refractivity contribution in [2.45, 2.75) is 13.0 Å². The number of aliphatic hydroxyl groups excluding tert-OH is 1. The zero-order valence-electron chi connectivity index (χ0n) is 7.17. The fourth-order valence-corrected chi connectivity index (χ4v) is 0.949. The standard InChI is InChI=1S/C8H10N2O3/c1-6-7(2-9-4-10-6)8(12)3-13-5-11/h2,4-5,8,12H,3H2,1H3. The van der Waals surface area contributed by atoms with Gasteiger partial charge in [0.2, 0.25) is 0 Å². The summed E-state index contributed by atoms with van der Waals surface area (Å²) in [7, 11) is 0. The Labute approximate surface area is 75.4 Å². The number of rotatable bonds is 4. The molecule has 0 spiro atoms. The minimum atomic E-state index is -0.855. The molecule has 1 rings (SSSR count). The first-order valence-corrected chi connectivity index (χ1v) is 3.75. The maximum absolute atomic E-state index is 9.86. The molecule has 70 valence electrons. The molecule has 5 heteroatoms. The van der Waals surface area contributed by atoms with Gasteiger partial charge in [-0.15, -0.1) is 0 Å². The van der Waals surface area contributed by atoms with Crippen LogP contribution in [0.4, 0.5) is 0 Å². The largest absolute Gasteiger partial charge is 0.465 e. The SMILES string of the molecule is Cc1ncncc1C(O)COC=O. The molecule has 0 aromatic carbocycles. The summed E-state index contributed by atoms with van der Waals surface area (Å²) in [6.45, 7) is 1.97. The van der Waals surface area contributed by atoms with E-state index in [-0.39, 0.29) is 6.61 Å². The molecule has 0 bridgehead atoms. The van der Waals surface area contributed by atoms with Crippen molar-refractivity contribution in [2.75, 3.05) is 6.61 Å². The Morgan fingerprint density at radius 3 is 3.15 bits per heavy atom. The van der Waals surface area contributed by atoms with Gasteiger partial charge in [0.25, 0.3) is 6.47 Å². The van der Waals surface area contributed by atoms with Crippen LogP contribution < -0.4 is 0 Å². The highest BCUT2D eigenvalue weighted by Gasteiger charge is 2.11. The number of ether oxygens (including phenoxy) is 1. The van der Waals surface area contributed by atoms with Crippen molar-refractivity contribution >= 4 is 6.47 Å². The van der Waals surface area contributed by atoms with Crippen LogP contribution in [0.3, 0.4) is 0 Å². The van der Waals surface area contributed by atoms with Crippen molar-refractivity contribution in [3.8, 4) is 0 Å². The summed E-state index contributed by atoms with van der Waals surface area (Å²) < 4.78 is 4.42. The van der Waals surface area contributed by atoms with Crippen LogP contribution >= 0.6 is 0 Å². The van der Waals surface area contributed by atoms with Crippen LogP contribution in [0.15, 0.2) is 12.5 Å². The third-order valence-corrected chi connectivity index (χ3v) is 1.63. The molecule has 1 aromatic rings. The predicted molar refractivity (Wildman–Crippen MR) is 43.7 cm³/mol. The quantitative estimate of drug-likeness (QED) is 0.663. The van der Waals surface area contributed by atoms with Crippen molar-refractivity contribution in [3.05, 3.63) is 23.8 Å². The molecule has 13 heavy (non-hydrogen) atoms. The number of carbonyl (C=O) groups is 1. The van der Waals surface area contributed by atoms with E-state index in [0.29, 0.717) is 17.7 Å². The van der Waals surface area contributed by atoms with E-state index in [0.717, 1.165) is 0 Å². The van der Waals surface area contributed by atoms with E-state index in [2.05, 4.69) is 14.7 Å². The average molecular weight is 182 g/mol. The van der Waals surface area contributed by atoms with Crippen LogP contribution in [0.2, 0.25) is 0 Å². The first kappa shape index (κ1) is 9.60. The summed E-state index contributed by atoms with van der Waals surface area (Å²) in [4.78, 5) is 17.5. The highest BCUT2D eigenvalue weighted by Crippen LogP contribution is 2.13. The second kappa shape index (κ2) is 4.51. The number of aromatic nitrogens is 2. The summed E-state index contributed by atoms with van der Waals surface area (Å²) >= 11 is 0. The monoisotopic (exact) mass is 182 g/mol. The number of carbonyl (C=O) groups excluding carboxylic acids is 1. The van der Waals surface area contributed by atoms with Crippen LogP contribution in [0.5, 0.6) is 0 Å². The van der Waals surface area contributed by atoms with Crippen LogP contribution in [0.25, 0.3) is 0 Å². The lowest BCUT2D eigenvalue weighted by Gasteiger charge is -2.10. The summed E-state index contributed by atoms with van der Waals surface area (Å²) in [6, 6.07) is 0. The smallest absolute Gasteiger partial charge is 0.293 e. The van der Waals surface area contributed by atoms with Gasteiger partial charge in [-0.25, -0.2) is 9.97 Å². The van der Waals surface area contributed by atoms with E-state index in [1.807, 2.05) is 0 Å². The van der Waals surface area contributed by atoms with Gasteiger partial charge in [-0.2, -0.15) is 0 Å². The fraction of sp³-hybridized carbons (Fsp3) is 0.375. The molecular weight excluding hydrogens is 172 g/mol. The van der Waals surface area contributed by atoms with Crippen molar-refractivity contribution in [1.82, 2.24) is 9.97 Å². The summed E-state index contributed by atoms with van der Waals surface area (Å²) in [6.07, 6.45) is 2.04. The number of aryl methyl sites for hydroxylation is 1. The van der Waals surface area contributed by atoms with Crippen molar-refractivity contribution < 1.29 is 14.6 Å². The zero-order valence-corrected chi connectivity index (χ0v) is 7.17. The molecule has 5 nitrogen and oxygen atoms in total. The lowest BCUT2D eigenvalue weighted by atomic mass is 10.1. The van der Waals surface area contributed by atoms with Crippen LogP contribution in [0.1, 0.15) is 17.4 Å². The number of hydrogen-bond donors (Lipinski definition) is 1. The van der Waals surface area contributed by atoms with Gasteiger partial charge in [-0.05, 0) is 6.92 Å². The van der Waals surface area contributed by atoms with Crippen molar-refractivity contribution in [2.24, 2.45) is 0 Å². The Hall–Kier alpha value is -1.49. The maximum Gasteiger partial charge on any atom is 0.293 e. The second-order valence-corrected chi connectivity index (χ2v) is 2.51. The molecule has 0 aliphatic carbocycles. The van der Waals surface area contributed by atoms with Gasteiger partial charge in [-0.1, -0.05) is 0 Å². The Balaban J connectivity index is 2.70. The Bertz CT molecular complexity index is 290. The fourth-order valence-electron chi connectivity index (χ4n) is 0.949. The third-order valence-electron chi connectivity index (χ3n) is 1.63. The van der Waals surface area contributed by atoms with Gasteiger partial charge in [0.1, 0.15) is 19.0 Å². The van der Waals surface area contributed by atoms with Crippen LogP contribution in [-0.4, -0.2) is 28.2 Å². The van der Waals surface area contributed by atoms with Crippen LogP contribution in [0, 0.1) is 6.92 Å². The highest BCUT2D eigenvalue weighted by molar-refractivity contribution is 5.37. The Morgan fingerprint density at radius 1 is 1.77 bits per heavy atom. The maximum atomic E-state index is 9.86. The zero-order chi connectivity index (χ0) is 9.68. The first-order valence-electron chi connectivity index (χ1n) is 3.75. The minimum absolute atomic E-state index is 0.0717. The molecule has 0 amide bonds. The minimum Gasteiger partial charge on any atom is -0.465 e.